The highest BCUT2D eigenvalue weighted by Crippen LogP contribution is 2.23. The molecule has 0 aromatic heterocycles. The summed E-state index contributed by atoms with van der Waals surface area (Å²) in [7, 11) is 0. The van der Waals surface area contributed by atoms with Gasteiger partial charge in [0.1, 0.15) is 12.0 Å². The summed E-state index contributed by atoms with van der Waals surface area (Å²) in [6, 6.07) is 20.2. The molecule has 2 rings (SSSR count). The molecule has 2 aromatic carbocycles. The summed E-state index contributed by atoms with van der Waals surface area (Å²) >= 11 is 0. The average molecular weight is 313 g/mol. The molecular formula is C20H27NO2. The lowest BCUT2D eigenvalue weighted by molar-refractivity contribution is 0.0359. The number of para-hydroxylation sites is 2. The van der Waals surface area contributed by atoms with Gasteiger partial charge in [-0.25, -0.2) is 0 Å². The van der Waals surface area contributed by atoms with Crippen molar-refractivity contribution in [2.45, 2.75) is 46.1 Å². The van der Waals surface area contributed by atoms with Gasteiger partial charge in [-0.2, -0.15) is 0 Å². The maximum Gasteiger partial charge on any atom is 0.171 e. The van der Waals surface area contributed by atoms with Crippen LogP contribution in [0.3, 0.4) is 0 Å². The molecule has 3 heteroatoms. The fourth-order valence-corrected chi connectivity index (χ4v) is 2.55. The fourth-order valence-electron chi connectivity index (χ4n) is 2.55. The first kappa shape index (κ1) is 17.4. The molecule has 124 valence electrons. The largest absolute Gasteiger partial charge is 0.471 e. The molecule has 2 atom stereocenters. The Morgan fingerprint density at radius 1 is 0.870 bits per heavy atom. The van der Waals surface area contributed by atoms with Crippen LogP contribution in [0.1, 0.15) is 33.6 Å². The van der Waals surface area contributed by atoms with Crippen LogP contribution in [-0.2, 0) is 4.74 Å². The highest BCUT2D eigenvalue weighted by atomic mass is 16.5. The molecule has 2 unspecified atom stereocenters. The van der Waals surface area contributed by atoms with E-state index >= 15 is 0 Å². The number of rotatable bonds is 9. The molecule has 0 saturated heterocycles. The molecule has 0 radical (unpaired) electrons. The number of nitrogens with zero attached hydrogens (tertiary/aromatic N) is 1. The average Bonchev–Trinajstić information content (AvgIpc) is 2.57. The monoisotopic (exact) mass is 313 g/mol. The van der Waals surface area contributed by atoms with Gasteiger partial charge in [-0.15, -0.1) is 0 Å². The molecule has 0 fully saturated rings. The fraction of sp³-hybridized carbons (Fsp3) is 0.400. The third kappa shape index (κ3) is 5.29. The highest BCUT2D eigenvalue weighted by molar-refractivity contribution is 5.47. The predicted octanol–water partition coefficient (Wildman–Crippen LogP) is 5.08. The second-order valence-electron chi connectivity index (χ2n) is 5.60. The van der Waals surface area contributed by atoms with Gasteiger partial charge in [0.25, 0.3) is 0 Å². The number of unbranched alkanes of at least 4 members (excludes halogenated alkanes) is 1. The Bertz CT molecular complexity index is 544. The van der Waals surface area contributed by atoms with E-state index in [1.54, 1.807) is 0 Å². The van der Waals surface area contributed by atoms with Crippen molar-refractivity contribution in [3.8, 4) is 5.75 Å². The first-order valence-corrected chi connectivity index (χ1v) is 8.39. The summed E-state index contributed by atoms with van der Waals surface area (Å²) in [5.74, 6) is 0.863. The van der Waals surface area contributed by atoms with Crippen molar-refractivity contribution in [1.29, 1.82) is 0 Å². The third-order valence-corrected chi connectivity index (χ3v) is 3.74. The topological polar surface area (TPSA) is 21.7 Å². The Morgan fingerprint density at radius 3 is 2.09 bits per heavy atom. The highest BCUT2D eigenvalue weighted by Gasteiger charge is 2.22. The molecule has 0 saturated carbocycles. The molecule has 23 heavy (non-hydrogen) atoms. The molecule has 0 N–H and O–H groups in total. The van der Waals surface area contributed by atoms with Crippen LogP contribution in [0.25, 0.3) is 0 Å². The zero-order valence-corrected chi connectivity index (χ0v) is 14.3. The van der Waals surface area contributed by atoms with E-state index in [4.69, 9.17) is 9.47 Å². The van der Waals surface area contributed by atoms with Crippen LogP contribution >= 0.6 is 0 Å². The predicted molar refractivity (Wildman–Crippen MR) is 95.8 cm³/mol. The Morgan fingerprint density at radius 2 is 1.48 bits per heavy atom. The summed E-state index contributed by atoms with van der Waals surface area (Å²) in [6.07, 6.45) is 2.02. The molecule has 0 aliphatic heterocycles. The minimum atomic E-state index is -0.128. The molecule has 0 heterocycles. The van der Waals surface area contributed by atoms with Crippen molar-refractivity contribution in [3.05, 3.63) is 60.7 Å². The number of anilines is 1. The maximum absolute atomic E-state index is 6.10. The minimum Gasteiger partial charge on any atom is -0.471 e. The molecule has 0 aliphatic carbocycles. The van der Waals surface area contributed by atoms with Crippen LogP contribution in [0.5, 0.6) is 5.75 Å². The standard InChI is InChI=1S/C20H27NO2/c1-4-5-16-22-17(2)21(19-12-8-6-9-13-19)18(3)23-20-14-10-7-11-15-20/h6-15,17-18H,4-5,16H2,1-3H3. The van der Waals surface area contributed by atoms with Crippen LogP contribution in [-0.4, -0.2) is 19.1 Å². The van der Waals surface area contributed by atoms with Crippen molar-refractivity contribution in [1.82, 2.24) is 0 Å². The van der Waals surface area contributed by atoms with E-state index in [1.807, 2.05) is 48.5 Å². The van der Waals surface area contributed by atoms with Crippen LogP contribution in [0.15, 0.2) is 60.7 Å². The van der Waals surface area contributed by atoms with Gasteiger partial charge >= 0.3 is 0 Å². The van der Waals surface area contributed by atoms with Gasteiger partial charge in [-0.3, -0.25) is 0 Å². The summed E-state index contributed by atoms with van der Waals surface area (Å²) in [6.45, 7) is 7.07. The number of benzene rings is 2. The van der Waals surface area contributed by atoms with E-state index < -0.39 is 0 Å². The maximum atomic E-state index is 6.10. The zero-order chi connectivity index (χ0) is 16.5. The van der Waals surface area contributed by atoms with E-state index in [2.05, 4.69) is 37.8 Å². The second kappa shape index (κ2) is 9.21. The van der Waals surface area contributed by atoms with Crippen LogP contribution < -0.4 is 9.64 Å². The van der Waals surface area contributed by atoms with Crippen LogP contribution in [0.4, 0.5) is 5.69 Å². The van der Waals surface area contributed by atoms with E-state index in [-0.39, 0.29) is 12.5 Å². The van der Waals surface area contributed by atoms with Crippen molar-refractivity contribution in [2.75, 3.05) is 11.5 Å². The van der Waals surface area contributed by atoms with Crippen molar-refractivity contribution < 1.29 is 9.47 Å². The van der Waals surface area contributed by atoms with Gasteiger partial charge < -0.3 is 14.4 Å². The number of hydrogen-bond donors (Lipinski definition) is 0. The lowest BCUT2D eigenvalue weighted by atomic mass is 10.2. The van der Waals surface area contributed by atoms with Crippen molar-refractivity contribution >= 4 is 5.69 Å². The normalized spacial score (nSPS) is 13.3. The van der Waals surface area contributed by atoms with Gasteiger partial charge in [-0.1, -0.05) is 49.7 Å². The van der Waals surface area contributed by atoms with Crippen LogP contribution in [0.2, 0.25) is 0 Å². The summed E-state index contributed by atoms with van der Waals surface area (Å²) < 4.78 is 12.1. The number of ether oxygens (including phenoxy) is 2. The van der Waals surface area contributed by atoms with Crippen molar-refractivity contribution in [2.24, 2.45) is 0 Å². The van der Waals surface area contributed by atoms with Gasteiger partial charge in [0.2, 0.25) is 0 Å². The Balaban J connectivity index is 2.12. The van der Waals surface area contributed by atoms with Gasteiger partial charge in [0.05, 0.1) is 0 Å². The first-order valence-electron chi connectivity index (χ1n) is 8.39. The molecule has 2 aromatic rings. The Labute approximate surface area is 139 Å². The SMILES string of the molecule is CCCCOC(C)N(c1ccccc1)C(C)Oc1ccccc1. The molecule has 0 amide bonds. The van der Waals surface area contributed by atoms with E-state index in [9.17, 15) is 0 Å². The Hall–Kier alpha value is -2.00. The molecule has 0 bridgehead atoms. The van der Waals surface area contributed by atoms with Gasteiger partial charge in [-0.05, 0) is 44.5 Å². The third-order valence-electron chi connectivity index (χ3n) is 3.74. The molecule has 0 spiro atoms. The molecular weight excluding hydrogens is 286 g/mol. The lowest BCUT2D eigenvalue weighted by Gasteiger charge is -2.36. The Kier molecular flexibility index (Phi) is 6.95. The van der Waals surface area contributed by atoms with Crippen molar-refractivity contribution in [3.63, 3.8) is 0 Å². The first-order chi connectivity index (χ1) is 11.2. The summed E-state index contributed by atoms with van der Waals surface area (Å²) in [5.41, 5.74) is 1.10. The summed E-state index contributed by atoms with van der Waals surface area (Å²) in [4.78, 5) is 2.17. The molecule has 0 aliphatic rings. The van der Waals surface area contributed by atoms with E-state index in [0.29, 0.717) is 0 Å². The number of hydrogen-bond acceptors (Lipinski definition) is 3. The van der Waals surface area contributed by atoms with Gasteiger partial charge in [0.15, 0.2) is 6.23 Å². The van der Waals surface area contributed by atoms with Crippen LogP contribution in [0, 0.1) is 0 Å². The smallest absolute Gasteiger partial charge is 0.171 e. The summed E-state index contributed by atoms with van der Waals surface area (Å²) in [5, 5.41) is 0. The van der Waals surface area contributed by atoms with Gasteiger partial charge in [0, 0.05) is 12.3 Å². The minimum absolute atomic E-state index is 0.0531. The van der Waals surface area contributed by atoms with E-state index in [1.165, 1.54) is 0 Å². The van der Waals surface area contributed by atoms with E-state index in [0.717, 1.165) is 30.9 Å². The zero-order valence-electron chi connectivity index (χ0n) is 14.3. The second-order valence-corrected chi connectivity index (χ2v) is 5.60. The quantitative estimate of drug-likeness (QED) is 0.476. The molecule has 3 nitrogen and oxygen atoms in total. The lowest BCUT2D eigenvalue weighted by Crippen LogP contribution is -2.45.